The Morgan fingerprint density at radius 2 is 1.60 bits per heavy atom. The summed E-state index contributed by atoms with van der Waals surface area (Å²) in [6.45, 7) is 2.24. The van der Waals surface area contributed by atoms with Crippen LogP contribution in [-0.2, 0) is 0 Å². The maximum atomic E-state index is 3.65. The van der Waals surface area contributed by atoms with Gasteiger partial charge in [-0.05, 0) is 0 Å². The molecule has 0 saturated heterocycles. The van der Waals surface area contributed by atoms with Gasteiger partial charge >= 0.3 is 87.6 Å². The molecule has 10 heavy (non-hydrogen) atoms. The first-order valence-corrected chi connectivity index (χ1v) is 19.9. The topological polar surface area (TPSA) is 0 Å². The molecule has 0 nitrogen and oxygen atoms in total. The van der Waals surface area contributed by atoms with E-state index in [0.29, 0.717) is 0 Å². The second kappa shape index (κ2) is 6.49. The Balaban J connectivity index is 3.04. The molecule has 0 aromatic carbocycles. The fraction of sp³-hybridized carbons (Fsp3) is 1.00. The van der Waals surface area contributed by atoms with Crippen LogP contribution in [0.5, 0.6) is 0 Å². The van der Waals surface area contributed by atoms with Crippen LogP contribution in [0.2, 0.25) is 5.25 Å². The molecule has 0 N–H and O–H groups in total. The zero-order chi connectivity index (χ0) is 8.04. The summed E-state index contributed by atoms with van der Waals surface area (Å²) in [7, 11) is -1.71. The Kier molecular flexibility index (Phi) is 7.78. The molecule has 0 heterocycles. The third-order valence-corrected chi connectivity index (χ3v) is 9.43. The molecular formula is C6H13Br3Ge. The molecule has 0 aliphatic heterocycles. The Labute approximate surface area is 86.7 Å². The van der Waals surface area contributed by atoms with Crippen LogP contribution in [0.1, 0.15) is 32.6 Å². The summed E-state index contributed by atoms with van der Waals surface area (Å²) in [6, 6.07) is 0. The molecule has 0 amide bonds. The summed E-state index contributed by atoms with van der Waals surface area (Å²) in [4.78, 5) is 0. The summed E-state index contributed by atoms with van der Waals surface area (Å²) < 4.78 is 0. The predicted molar refractivity (Wildman–Crippen MR) is 61.5 cm³/mol. The summed E-state index contributed by atoms with van der Waals surface area (Å²) in [6.07, 6.45) is 5.44. The SMILES string of the molecule is CCCCC[CH2][Ge]([Br])([Br])[Br]. The monoisotopic (exact) mass is 396 g/mol. The first-order chi connectivity index (χ1) is 4.56. The van der Waals surface area contributed by atoms with Crippen LogP contribution in [0.25, 0.3) is 0 Å². The molecule has 0 radical (unpaired) electrons. The fourth-order valence-corrected chi connectivity index (χ4v) is 6.49. The third kappa shape index (κ3) is 9.98. The van der Waals surface area contributed by atoms with E-state index in [0.717, 1.165) is 0 Å². The van der Waals surface area contributed by atoms with Crippen LogP contribution >= 0.6 is 42.0 Å². The molecule has 0 rings (SSSR count). The molecule has 62 valence electrons. The van der Waals surface area contributed by atoms with E-state index >= 15 is 0 Å². The Morgan fingerprint density at radius 1 is 1.00 bits per heavy atom. The molecular weight excluding hydrogens is 384 g/mol. The predicted octanol–water partition coefficient (Wildman–Crippen LogP) is 4.69. The maximum absolute atomic E-state index is 3.65. The van der Waals surface area contributed by atoms with Gasteiger partial charge in [-0.3, -0.25) is 0 Å². The van der Waals surface area contributed by atoms with Crippen molar-refractivity contribution >= 4 is 49.8 Å². The number of halogens is 3. The molecule has 0 aromatic rings. The van der Waals surface area contributed by atoms with Gasteiger partial charge in [0.25, 0.3) is 0 Å². The van der Waals surface area contributed by atoms with E-state index in [4.69, 9.17) is 0 Å². The molecule has 0 fully saturated rings. The van der Waals surface area contributed by atoms with Gasteiger partial charge < -0.3 is 0 Å². The van der Waals surface area contributed by atoms with Crippen LogP contribution < -0.4 is 0 Å². The molecule has 0 saturated carbocycles. The van der Waals surface area contributed by atoms with Crippen LogP contribution in [0.4, 0.5) is 0 Å². The van der Waals surface area contributed by atoms with E-state index < -0.39 is 7.74 Å². The van der Waals surface area contributed by atoms with Crippen LogP contribution in [0.3, 0.4) is 0 Å². The van der Waals surface area contributed by atoms with E-state index in [1.807, 2.05) is 0 Å². The number of hydrogen-bond acceptors (Lipinski definition) is 0. The summed E-state index contributed by atoms with van der Waals surface area (Å²) in [5.74, 6) is 0. The van der Waals surface area contributed by atoms with Gasteiger partial charge in [0, 0.05) is 0 Å². The average molecular weight is 397 g/mol. The minimum absolute atomic E-state index is 1.32. The van der Waals surface area contributed by atoms with Crippen LogP contribution in [-0.4, -0.2) is 7.74 Å². The van der Waals surface area contributed by atoms with Gasteiger partial charge in [-0.15, -0.1) is 0 Å². The summed E-state index contributed by atoms with van der Waals surface area (Å²) in [5.41, 5.74) is 0. The number of rotatable bonds is 5. The van der Waals surface area contributed by atoms with E-state index in [2.05, 4.69) is 48.9 Å². The molecule has 0 aromatic heterocycles. The molecule has 0 bridgehead atoms. The van der Waals surface area contributed by atoms with Crippen LogP contribution in [0, 0.1) is 0 Å². The van der Waals surface area contributed by atoms with E-state index in [9.17, 15) is 0 Å². The van der Waals surface area contributed by atoms with Gasteiger partial charge in [0.1, 0.15) is 0 Å². The van der Waals surface area contributed by atoms with Crippen molar-refractivity contribution in [2.45, 2.75) is 37.9 Å². The minimum atomic E-state index is -1.71. The van der Waals surface area contributed by atoms with Crippen molar-refractivity contribution in [1.82, 2.24) is 0 Å². The molecule has 0 unspecified atom stereocenters. The second-order valence-corrected chi connectivity index (χ2v) is 43.7. The van der Waals surface area contributed by atoms with Crippen molar-refractivity contribution in [2.75, 3.05) is 0 Å². The van der Waals surface area contributed by atoms with E-state index in [1.165, 1.54) is 30.9 Å². The first-order valence-electron chi connectivity index (χ1n) is 3.63. The molecule has 0 aliphatic rings. The standard InChI is InChI=1S/C6H13Br3Ge/c1-2-3-4-5-6-10(7,8)9/h2-6H2,1H3. The van der Waals surface area contributed by atoms with E-state index in [-0.39, 0.29) is 0 Å². The first kappa shape index (κ1) is 12.0. The molecule has 0 atom stereocenters. The van der Waals surface area contributed by atoms with Crippen molar-refractivity contribution < 1.29 is 0 Å². The van der Waals surface area contributed by atoms with Crippen LogP contribution in [0.15, 0.2) is 0 Å². The Bertz CT molecular complexity index is 79.6. The molecule has 0 spiro atoms. The Hall–Kier alpha value is 1.98. The van der Waals surface area contributed by atoms with Crippen molar-refractivity contribution in [3.8, 4) is 0 Å². The quantitative estimate of drug-likeness (QED) is 0.466. The fourth-order valence-electron chi connectivity index (χ4n) is 0.752. The average Bonchev–Trinajstić information content (AvgIpc) is 1.78. The molecule has 4 heteroatoms. The van der Waals surface area contributed by atoms with Crippen molar-refractivity contribution in [3.05, 3.63) is 0 Å². The second-order valence-electron chi connectivity index (χ2n) is 2.43. The van der Waals surface area contributed by atoms with E-state index in [1.54, 1.807) is 0 Å². The van der Waals surface area contributed by atoms with Gasteiger partial charge in [0.15, 0.2) is 0 Å². The van der Waals surface area contributed by atoms with Gasteiger partial charge in [-0.2, -0.15) is 0 Å². The van der Waals surface area contributed by atoms with Gasteiger partial charge in [-0.1, -0.05) is 0 Å². The zero-order valence-electron chi connectivity index (χ0n) is 6.17. The van der Waals surface area contributed by atoms with Gasteiger partial charge in [0.2, 0.25) is 0 Å². The summed E-state index contributed by atoms with van der Waals surface area (Å²) >= 11 is 11.0. The summed E-state index contributed by atoms with van der Waals surface area (Å²) in [5, 5.41) is 1.32. The van der Waals surface area contributed by atoms with Gasteiger partial charge in [0.05, 0.1) is 0 Å². The van der Waals surface area contributed by atoms with Gasteiger partial charge in [-0.25, -0.2) is 0 Å². The van der Waals surface area contributed by atoms with Crippen molar-refractivity contribution in [1.29, 1.82) is 0 Å². The molecule has 0 aliphatic carbocycles. The van der Waals surface area contributed by atoms with Crippen molar-refractivity contribution in [3.63, 3.8) is 0 Å². The third-order valence-electron chi connectivity index (χ3n) is 1.31. The number of hydrogen-bond donors (Lipinski definition) is 0. The zero-order valence-corrected chi connectivity index (χ0v) is 13.0. The van der Waals surface area contributed by atoms with Crippen molar-refractivity contribution in [2.24, 2.45) is 0 Å². The Morgan fingerprint density at radius 3 is 2.00 bits per heavy atom. The normalized spacial score (nSPS) is 12.0. The number of unbranched alkanes of at least 4 members (excludes halogenated alkanes) is 3.